The standard InChI is InChI=1S/C79H90BN3/c1-48-39-60-62(76(13,14)38-37-75(60,11)12)45-66(48)83-68-46-63-61(77(15,16)47-78(63,17)18)44-65(68)80-64-36-34-55(81(52-29-25-49(26-30-52)72(2,3)4)53-31-27-50(28-32-53)73(5,6)7)43-67(64)82(69-40-51(74(8,9)10)41-70(83)71(69)80)54-33-35-57-56-23-21-22-24-58(56)79(19,20)59(57)42-54/h21-36,39-46H,37-38,47H2,1-20H3. The Morgan fingerprint density at radius 3 is 1.45 bits per heavy atom. The number of benzene rings is 8. The maximum Gasteiger partial charge on any atom is 0.252 e. The maximum absolute atomic E-state index is 2.76. The van der Waals surface area contributed by atoms with Gasteiger partial charge in [-0.05, 0) is 220 Å². The molecule has 0 N–H and O–H groups in total. The molecule has 0 fully saturated rings. The first-order valence-electron chi connectivity index (χ1n) is 31.2. The molecule has 4 heteroatoms. The summed E-state index contributed by atoms with van der Waals surface area (Å²) in [5.74, 6) is 0. The number of rotatable bonds is 5. The molecule has 8 aromatic carbocycles. The van der Waals surface area contributed by atoms with Gasteiger partial charge in [0.15, 0.2) is 0 Å². The highest BCUT2D eigenvalue weighted by Gasteiger charge is 2.50. The van der Waals surface area contributed by atoms with E-state index in [9.17, 15) is 0 Å². The first-order valence-corrected chi connectivity index (χ1v) is 31.2. The quantitative estimate of drug-likeness (QED) is 0.159. The number of fused-ring (bicyclic) bond motifs is 9. The topological polar surface area (TPSA) is 9.72 Å². The van der Waals surface area contributed by atoms with Crippen LogP contribution in [0.25, 0.3) is 11.1 Å². The third-order valence-electron chi connectivity index (χ3n) is 20.9. The SMILES string of the molecule is Cc1cc2c(cc1N1c3cc4c(cc3B3c5ccc(N(c6ccc(C(C)(C)C)cc6)c6ccc(C(C)(C)C)cc6)cc5N(c5ccc6c(c5)C(C)(C)c5ccccc5-6)c5cc(C(C)(C)C)cc1c53)C(C)(C)CC4(C)C)C(C)(C)CCC2(C)C. The normalized spacial score (nSPS) is 18.1. The van der Waals surface area contributed by atoms with Gasteiger partial charge in [0.2, 0.25) is 0 Å². The second-order valence-electron chi connectivity index (χ2n) is 32.2. The van der Waals surface area contributed by atoms with Crippen LogP contribution in [0.3, 0.4) is 0 Å². The minimum absolute atomic E-state index is 0.00298. The monoisotopic (exact) mass is 1090 g/mol. The molecule has 0 bridgehead atoms. The van der Waals surface area contributed by atoms with Gasteiger partial charge in [-0.25, -0.2) is 0 Å². The lowest BCUT2D eigenvalue weighted by molar-refractivity contribution is 0.332. The number of hydrogen-bond donors (Lipinski definition) is 0. The minimum Gasteiger partial charge on any atom is -0.311 e. The van der Waals surface area contributed by atoms with Crippen molar-refractivity contribution < 1.29 is 0 Å². The second kappa shape index (κ2) is 17.9. The van der Waals surface area contributed by atoms with Gasteiger partial charge in [-0.1, -0.05) is 204 Å². The van der Waals surface area contributed by atoms with Crippen LogP contribution in [0.1, 0.15) is 206 Å². The van der Waals surface area contributed by atoms with Gasteiger partial charge >= 0.3 is 0 Å². The molecule has 0 spiro atoms. The molecule has 13 rings (SSSR count). The van der Waals surface area contributed by atoms with E-state index in [1.807, 2.05) is 0 Å². The molecular weight excluding hydrogens is 1000 g/mol. The van der Waals surface area contributed by atoms with E-state index in [-0.39, 0.29) is 50.0 Å². The van der Waals surface area contributed by atoms with Crippen LogP contribution in [0.15, 0.2) is 146 Å². The molecule has 3 aliphatic carbocycles. The lowest BCUT2D eigenvalue weighted by Gasteiger charge is -2.47. The van der Waals surface area contributed by atoms with Crippen molar-refractivity contribution in [3.63, 3.8) is 0 Å². The lowest BCUT2D eigenvalue weighted by atomic mass is 9.33. The molecule has 0 saturated heterocycles. The number of anilines is 9. The minimum atomic E-state index is -0.185. The third kappa shape index (κ3) is 8.55. The second-order valence-corrected chi connectivity index (χ2v) is 32.2. The molecule has 424 valence electrons. The predicted molar refractivity (Wildman–Crippen MR) is 360 cm³/mol. The van der Waals surface area contributed by atoms with Crippen LogP contribution in [0.2, 0.25) is 0 Å². The van der Waals surface area contributed by atoms with E-state index in [0.29, 0.717) is 0 Å². The summed E-state index contributed by atoms with van der Waals surface area (Å²) in [6.07, 6.45) is 3.45. The van der Waals surface area contributed by atoms with Crippen molar-refractivity contribution in [3.05, 3.63) is 201 Å². The van der Waals surface area contributed by atoms with Gasteiger partial charge in [0.1, 0.15) is 0 Å². The van der Waals surface area contributed by atoms with Crippen LogP contribution in [-0.2, 0) is 43.3 Å². The van der Waals surface area contributed by atoms with Gasteiger partial charge in [0.25, 0.3) is 6.71 Å². The highest BCUT2D eigenvalue weighted by atomic mass is 15.2. The molecular formula is C79H90BN3. The number of hydrogen-bond acceptors (Lipinski definition) is 3. The van der Waals surface area contributed by atoms with Crippen molar-refractivity contribution in [1.29, 1.82) is 0 Å². The Morgan fingerprint density at radius 2 is 0.867 bits per heavy atom. The zero-order valence-electron chi connectivity index (χ0n) is 53.9. The third-order valence-corrected chi connectivity index (χ3v) is 20.9. The van der Waals surface area contributed by atoms with E-state index >= 15 is 0 Å². The van der Waals surface area contributed by atoms with Gasteiger partial charge in [-0.2, -0.15) is 0 Å². The van der Waals surface area contributed by atoms with E-state index in [0.717, 1.165) is 29.9 Å². The fraction of sp³-hybridized carbons (Fsp3) is 0.392. The van der Waals surface area contributed by atoms with Gasteiger partial charge < -0.3 is 14.7 Å². The molecule has 0 saturated carbocycles. The Labute approximate surface area is 499 Å². The summed E-state index contributed by atoms with van der Waals surface area (Å²) in [6.45, 7) is 48.2. The van der Waals surface area contributed by atoms with Crippen molar-refractivity contribution >= 4 is 74.3 Å². The van der Waals surface area contributed by atoms with Crippen molar-refractivity contribution in [1.82, 2.24) is 0 Å². The number of nitrogens with zero attached hydrogens (tertiary/aromatic N) is 3. The average molecular weight is 1090 g/mol. The zero-order valence-corrected chi connectivity index (χ0v) is 53.9. The molecule has 8 aromatic rings. The Kier molecular flexibility index (Phi) is 11.9. The molecule has 0 radical (unpaired) electrons. The molecule has 0 atom stereocenters. The highest BCUT2D eigenvalue weighted by Crippen LogP contribution is 2.57. The Morgan fingerprint density at radius 1 is 0.386 bits per heavy atom. The van der Waals surface area contributed by atoms with E-state index in [1.165, 1.54) is 124 Å². The van der Waals surface area contributed by atoms with Crippen molar-refractivity contribution in [3.8, 4) is 11.1 Å². The smallest absolute Gasteiger partial charge is 0.252 e. The molecule has 5 aliphatic rings. The first kappa shape index (κ1) is 55.4. The lowest BCUT2D eigenvalue weighted by Crippen LogP contribution is -2.61. The molecule has 0 amide bonds. The Balaban J connectivity index is 1.14. The van der Waals surface area contributed by atoms with E-state index in [2.05, 4.69) is 299 Å². The summed E-state index contributed by atoms with van der Waals surface area (Å²) in [5.41, 5.74) is 31.7. The van der Waals surface area contributed by atoms with Crippen LogP contribution < -0.4 is 31.1 Å². The van der Waals surface area contributed by atoms with Gasteiger partial charge in [0.05, 0.1) is 0 Å². The summed E-state index contributed by atoms with van der Waals surface area (Å²) < 4.78 is 0. The molecule has 3 nitrogen and oxygen atoms in total. The van der Waals surface area contributed by atoms with Gasteiger partial charge in [-0.15, -0.1) is 0 Å². The highest BCUT2D eigenvalue weighted by molar-refractivity contribution is 7.00. The van der Waals surface area contributed by atoms with E-state index in [4.69, 9.17) is 0 Å². The predicted octanol–water partition coefficient (Wildman–Crippen LogP) is 20.1. The van der Waals surface area contributed by atoms with Crippen LogP contribution in [0.4, 0.5) is 51.2 Å². The fourth-order valence-electron chi connectivity index (χ4n) is 16.0. The van der Waals surface area contributed by atoms with Crippen molar-refractivity contribution in [2.75, 3.05) is 14.7 Å². The first-order chi connectivity index (χ1) is 38.7. The molecule has 2 aliphatic heterocycles. The molecule has 2 heterocycles. The Hall–Kier alpha value is -6.78. The number of aryl methyl sites for hydroxylation is 1. The largest absolute Gasteiger partial charge is 0.311 e. The van der Waals surface area contributed by atoms with E-state index in [1.54, 1.807) is 0 Å². The molecule has 83 heavy (non-hydrogen) atoms. The van der Waals surface area contributed by atoms with E-state index < -0.39 is 0 Å². The van der Waals surface area contributed by atoms with Crippen LogP contribution in [0, 0.1) is 6.92 Å². The van der Waals surface area contributed by atoms with Crippen LogP contribution in [-0.4, -0.2) is 6.71 Å². The molecule has 0 aromatic heterocycles. The summed E-state index contributed by atoms with van der Waals surface area (Å²) in [5, 5.41) is 0. The van der Waals surface area contributed by atoms with Crippen LogP contribution in [0.5, 0.6) is 0 Å². The summed E-state index contributed by atoms with van der Waals surface area (Å²) in [4.78, 5) is 7.96. The summed E-state index contributed by atoms with van der Waals surface area (Å²) >= 11 is 0. The fourth-order valence-corrected chi connectivity index (χ4v) is 16.0. The Bertz CT molecular complexity index is 3930. The van der Waals surface area contributed by atoms with Crippen molar-refractivity contribution in [2.45, 2.75) is 201 Å². The average Bonchev–Trinajstić information content (AvgIpc) is 1.47. The van der Waals surface area contributed by atoms with Crippen molar-refractivity contribution in [2.24, 2.45) is 0 Å². The van der Waals surface area contributed by atoms with Gasteiger partial charge in [0, 0.05) is 56.6 Å². The van der Waals surface area contributed by atoms with Crippen LogP contribution >= 0.6 is 0 Å². The summed E-state index contributed by atoms with van der Waals surface area (Å²) in [6, 6.07) is 58.5. The molecule has 0 unspecified atom stereocenters. The van der Waals surface area contributed by atoms with Gasteiger partial charge in [-0.3, -0.25) is 0 Å². The maximum atomic E-state index is 2.76. The summed E-state index contributed by atoms with van der Waals surface area (Å²) in [7, 11) is 0. The zero-order chi connectivity index (χ0) is 59.3.